The number of methoxy groups -OCH3 is 2. The number of nitrogens with one attached hydrogen (secondary N) is 1. The first kappa shape index (κ1) is 20.8. The van der Waals surface area contributed by atoms with E-state index in [1.54, 1.807) is 20.4 Å². The molecular formula is C22H31N5O2. The molecule has 0 radical (unpaired) electrons. The zero-order chi connectivity index (χ0) is 20.8. The van der Waals surface area contributed by atoms with Gasteiger partial charge in [0, 0.05) is 24.8 Å². The third kappa shape index (κ3) is 4.23. The predicted molar refractivity (Wildman–Crippen MR) is 118 cm³/mol. The molecule has 3 rings (SSSR count). The van der Waals surface area contributed by atoms with Crippen molar-refractivity contribution in [1.82, 2.24) is 14.6 Å². The molecule has 0 atom stereocenters. The molecule has 7 heteroatoms. The van der Waals surface area contributed by atoms with Gasteiger partial charge >= 0.3 is 0 Å². The Hall–Kier alpha value is -2.96. The third-order valence-electron chi connectivity index (χ3n) is 4.90. The second kappa shape index (κ2) is 9.49. The van der Waals surface area contributed by atoms with E-state index in [9.17, 15) is 0 Å². The van der Waals surface area contributed by atoms with Gasteiger partial charge in [-0.2, -0.15) is 9.61 Å². The fraction of sp³-hybridized carbons (Fsp3) is 0.455. The lowest BCUT2D eigenvalue weighted by molar-refractivity contribution is 0.411. The number of hydrogen-bond acceptors (Lipinski definition) is 6. The lowest BCUT2D eigenvalue weighted by Crippen LogP contribution is -2.28. The molecule has 0 saturated carbocycles. The van der Waals surface area contributed by atoms with E-state index in [1.807, 2.05) is 28.8 Å². The minimum atomic E-state index is 0.688. The molecule has 156 valence electrons. The Morgan fingerprint density at radius 1 is 1.03 bits per heavy atom. The highest BCUT2D eigenvalue weighted by atomic mass is 16.5. The SMILES string of the molecule is CCCN(CCC)c1c(OC)c(Nc2ccc(OC)cc2CC)nc2ccnn12. The molecule has 1 N–H and O–H groups in total. The minimum Gasteiger partial charge on any atom is -0.497 e. The van der Waals surface area contributed by atoms with Gasteiger partial charge in [0.15, 0.2) is 17.3 Å². The van der Waals surface area contributed by atoms with Crippen LogP contribution in [0.3, 0.4) is 0 Å². The Morgan fingerprint density at radius 3 is 2.41 bits per heavy atom. The van der Waals surface area contributed by atoms with Crippen LogP contribution in [0.4, 0.5) is 17.3 Å². The summed E-state index contributed by atoms with van der Waals surface area (Å²) in [4.78, 5) is 7.11. The van der Waals surface area contributed by atoms with Crippen LogP contribution in [-0.4, -0.2) is 41.9 Å². The molecule has 0 aliphatic carbocycles. The number of aryl methyl sites for hydroxylation is 1. The molecule has 0 aliphatic rings. The molecule has 2 aromatic heterocycles. The molecule has 0 bridgehead atoms. The van der Waals surface area contributed by atoms with Gasteiger partial charge in [-0.25, -0.2) is 4.98 Å². The first-order valence-electron chi connectivity index (χ1n) is 10.3. The molecule has 29 heavy (non-hydrogen) atoms. The average molecular weight is 398 g/mol. The first-order valence-corrected chi connectivity index (χ1v) is 10.3. The predicted octanol–water partition coefficient (Wildman–Crippen LogP) is 4.68. The normalized spacial score (nSPS) is 10.9. The smallest absolute Gasteiger partial charge is 0.204 e. The van der Waals surface area contributed by atoms with Gasteiger partial charge in [-0.15, -0.1) is 0 Å². The van der Waals surface area contributed by atoms with Crippen molar-refractivity contribution >= 4 is 23.0 Å². The van der Waals surface area contributed by atoms with E-state index < -0.39 is 0 Å². The van der Waals surface area contributed by atoms with Crippen molar-refractivity contribution < 1.29 is 9.47 Å². The molecular weight excluding hydrogens is 366 g/mol. The van der Waals surface area contributed by atoms with Gasteiger partial charge in [-0.1, -0.05) is 20.8 Å². The van der Waals surface area contributed by atoms with Gasteiger partial charge in [-0.05, 0) is 43.0 Å². The molecule has 0 spiro atoms. The van der Waals surface area contributed by atoms with E-state index in [2.05, 4.69) is 36.1 Å². The molecule has 1 aromatic carbocycles. The van der Waals surface area contributed by atoms with Crippen LogP contribution in [0.25, 0.3) is 5.65 Å². The Labute approximate surface area is 172 Å². The molecule has 0 fully saturated rings. The Morgan fingerprint density at radius 2 is 1.79 bits per heavy atom. The van der Waals surface area contributed by atoms with E-state index in [-0.39, 0.29) is 0 Å². The van der Waals surface area contributed by atoms with Crippen LogP contribution in [0.15, 0.2) is 30.5 Å². The summed E-state index contributed by atoms with van der Waals surface area (Å²) in [6.45, 7) is 8.33. The first-order chi connectivity index (χ1) is 14.2. The Kier molecular flexibility index (Phi) is 6.80. The van der Waals surface area contributed by atoms with E-state index in [0.717, 1.165) is 60.8 Å². The van der Waals surface area contributed by atoms with Crippen LogP contribution in [0, 0.1) is 0 Å². The van der Waals surface area contributed by atoms with Crippen LogP contribution >= 0.6 is 0 Å². The summed E-state index contributed by atoms with van der Waals surface area (Å²) in [5.74, 6) is 3.16. The van der Waals surface area contributed by atoms with Crippen molar-refractivity contribution in [2.75, 3.05) is 37.5 Å². The Balaban J connectivity index is 2.13. The van der Waals surface area contributed by atoms with E-state index >= 15 is 0 Å². The second-order valence-electron chi connectivity index (χ2n) is 6.91. The van der Waals surface area contributed by atoms with Gasteiger partial charge in [-0.3, -0.25) is 0 Å². The highest BCUT2D eigenvalue weighted by Crippen LogP contribution is 2.37. The highest BCUT2D eigenvalue weighted by molar-refractivity contribution is 5.75. The van der Waals surface area contributed by atoms with Gasteiger partial charge in [0.2, 0.25) is 5.75 Å². The molecule has 0 aliphatic heterocycles. The summed E-state index contributed by atoms with van der Waals surface area (Å²) in [6.07, 6.45) is 4.72. The quantitative estimate of drug-likeness (QED) is 0.536. The topological polar surface area (TPSA) is 63.9 Å². The molecule has 0 saturated heterocycles. The van der Waals surface area contributed by atoms with Gasteiger partial charge in [0.1, 0.15) is 5.75 Å². The maximum atomic E-state index is 5.87. The maximum Gasteiger partial charge on any atom is 0.204 e. The summed E-state index contributed by atoms with van der Waals surface area (Å²) in [5.41, 5.74) is 2.93. The van der Waals surface area contributed by atoms with E-state index in [1.165, 1.54) is 0 Å². The zero-order valence-electron chi connectivity index (χ0n) is 18.0. The maximum absolute atomic E-state index is 5.87. The van der Waals surface area contributed by atoms with E-state index in [4.69, 9.17) is 14.5 Å². The van der Waals surface area contributed by atoms with Gasteiger partial charge in [0.05, 0.1) is 20.4 Å². The van der Waals surface area contributed by atoms with Crippen LogP contribution in [0.2, 0.25) is 0 Å². The van der Waals surface area contributed by atoms with Crippen molar-refractivity contribution in [2.24, 2.45) is 0 Å². The van der Waals surface area contributed by atoms with Crippen molar-refractivity contribution in [3.05, 3.63) is 36.0 Å². The average Bonchev–Trinajstić information content (AvgIpc) is 3.21. The van der Waals surface area contributed by atoms with Crippen molar-refractivity contribution in [3.8, 4) is 11.5 Å². The molecule has 2 heterocycles. The Bertz CT molecular complexity index is 948. The van der Waals surface area contributed by atoms with Gasteiger partial charge < -0.3 is 19.7 Å². The van der Waals surface area contributed by atoms with Crippen LogP contribution in [0.1, 0.15) is 39.2 Å². The minimum absolute atomic E-state index is 0.688. The summed E-state index contributed by atoms with van der Waals surface area (Å²) in [5, 5.41) is 8.00. The number of anilines is 3. The molecule has 0 amide bonds. The number of rotatable bonds is 10. The number of benzene rings is 1. The molecule has 0 unspecified atom stereocenters. The van der Waals surface area contributed by atoms with E-state index in [0.29, 0.717) is 11.6 Å². The largest absolute Gasteiger partial charge is 0.497 e. The fourth-order valence-electron chi connectivity index (χ4n) is 3.56. The van der Waals surface area contributed by atoms with Crippen molar-refractivity contribution in [3.63, 3.8) is 0 Å². The number of hydrogen-bond donors (Lipinski definition) is 1. The summed E-state index contributed by atoms with van der Waals surface area (Å²) < 4.78 is 13.1. The second-order valence-corrected chi connectivity index (χ2v) is 6.91. The number of nitrogens with zero attached hydrogens (tertiary/aromatic N) is 4. The number of fused-ring (bicyclic) bond motifs is 1. The van der Waals surface area contributed by atoms with Crippen molar-refractivity contribution in [1.29, 1.82) is 0 Å². The summed E-state index contributed by atoms with van der Waals surface area (Å²) in [6, 6.07) is 7.94. The third-order valence-corrected chi connectivity index (χ3v) is 4.90. The monoisotopic (exact) mass is 397 g/mol. The highest BCUT2D eigenvalue weighted by Gasteiger charge is 2.22. The lowest BCUT2D eigenvalue weighted by atomic mass is 10.1. The lowest BCUT2D eigenvalue weighted by Gasteiger charge is -2.27. The summed E-state index contributed by atoms with van der Waals surface area (Å²) in [7, 11) is 3.37. The van der Waals surface area contributed by atoms with Crippen LogP contribution in [-0.2, 0) is 6.42 Å². The van der Waals surface area contributed by atoms with Crippen LogP contribution < -0.4 is 19.7 Å². The van der Waals surface area contributed by atoms with Crippen LogP contribution in [0.5, 0.6) is 11.5 Å². The fourth-order valence-corrected chi connectivity index (χ4v) is 3.56. The molecule has 7 nitrogen and oxygen atoms in total. The number of aromatic nitrogens is 3. The molecule has 3 aromatic rings. The standard InChI is InChI=1S/C22H31N5O2/c1-6-13-26(14-7-2)22-20(29-5)21(25-19-11-12-23-27(19)22)24-18-10-9-17(28-4)15-16(18)8-3/h9-12,15H,6-8,13-14H2,1-5H3,(H,24,25). The number of ether oxygens (including phenoxy) is 2. The van der Waals surface area contributed by atoms with Gasteiger partial charge in [0.25, 0.3) is 0 Å². The summed E-state index contributed by atoms with van der Waals surface area (Å²) >= 11 is 0. The zero-order valence-corrected chi connectivity index (χ0v) is 18.0. The van der Waals surface area contributed by atoms with Crippen molar-refractivity contribution in [2.45, 2.75) is 40.0 Å².